The minimum atomic E-state index is -1.11. The van der Waals surface area contributed by atoms with Gasteiger partial charge in [0.1, 0.15) is 5.82 Å². The summed E-state index contributed by atoms with van der Waals surface area (Å²) in [4.78, 5) is 16.3. The zero-order valence-corrected chi connectivity index (χ0v) is 13.1. The van der Waals surface area contributed by atoms with Crippen molar-refractivity contribution in [2.75, 3.05) is 17.2 Å². The zero-order valence-electron chi connectivity index (χ0n) is 12.3. The number of amides is 1. The Morgan fingerprint density at radius 3 is 2.61 bits per heavy atom. The van der Waals surface area contributed by atoms with Crippen LogP contribution in [0.5, 0.6) is 0 Å². The molecule has 0 saturated carbocycles. The van der Waals surface area contributed by atoms with Crippen LogP contribution >= 0.6 is 11.8 Å². The van der Waals surface area contributed by atoms with Crippen molar-refractivity contribution >= 4 is 29.4 Å². The van der Waals surface area contributed by atoms with E-state index in [4.69, 9.17) is 10.8 Å². The Morgan fingerprint density at radius 1 is 1.30 bits per heavy atom. The Morgan fingerprint density at radius 2 is 2.04 bits per heavy atom. The predicted molar refractivity (Wildman–Crippen MR) is 85.6 cm³/mol. The van der Waals surface area contributed by atoms with Gasteiger partial charge in [-0.3, -0.25) is 4.90 Å². The summed E-state index contributed by atoms with van der Waals surface area (Å²) in [6.07, 6.45) is -1.11. The summed E-state index contributed by atoms with van der Waals surface area (Å²) >= 11 is 1.29. The molecule has 0 fully saturated rings. The molecule has 1 amide bonds. The van der Waals surface area contributed by atoms with Crippen LogP contribution in [-0.4, -0.2) is 22.7 Å². The standard InChI is InChI=1S/C15H15F2N3O2S/c1-2-20(15(21)22)12-5-6-13(19-14(12)18)23-8-9-3-4-10(16)11(17)7-9/h3-7H,2,8H2,1H3,(H2,18,19)(H,21,22). The van der Waals surface area contributed by atoms with Crippen LogP contribution in [0, 0.1) is 11.6 Å². The molecule has 1 aromatic heterocycles. The van der Waals surface area contributed by atoms with Crippen LogP contribution in [0.3, 0.4) is 0 Å². The van der Waals surface area contributed by atoms with E-state index in [-0.39, 0.29) is 12.4 Å². The van der Waals surface area contributed by atoms with Gasteiger partial charge in [-0.15, -0.1) is 11.8 Å². The average Bonchev–Trinajstić information content (AvgIpc) is 2.51. The molecule has 3 N–H and O–H groups in total. The molecule has 1 heterocycles. The van der Waals surface area contributed by atoms with E-state index < -0.39 is 17.7 Å². The first kappa shape index (κ1) is 17.0. The third kappa shape index (κ3) is 4.10. The number of rotatable bonds is 5. The van der Waals surface area contributed by atoms with E-state index in [0.29, 0.717) is 22.0 Å². The fourth-order valence-corrected chi connectivity index (χ4v) is 2.77. The van der Waals surface area contributed by atoms with E-state index in [2.05, 4.69) is 4.98 Å². The average molecular weight is 339 g/mol. The smallest absolute Gasteiger partial charge is 0.411 e. The molecule has 0 radical (unpaired) electrons. The number of carbonyl (C=O) groups is 1. The fourth-order valence-electron chi connectivity index (χ4n) is 1.95. The van der Waals surface area contributed by atoms with Crippen molar-refractivity contribution in [2.45, 2.75) is 17.7 Å². The quantitative estimate of drug-likeness (QED) is 0.811. The van der Waals surface area contributed by atoms with Crippen molar-refractivity contribution < 1.29 is 18.7 Å². The van der Waals surface area contributed by atoms with Gasteiger partial charge in [-0.05, 0) is 36.8 Å². The number of nitrogens with two attached hydrogens (primary N) is 1. The lowest BCUT2D eigenvalue weighted by molar-refractivity contribution is 0.202. The first-order chi connectivity index (χ1) is 10.9. The minimum absolute atomic E-state index is 0.101. The van der Waals surface area contributed by atoms with Crippen molar-refractivity contribution in [2.24, 2.45) is 0 Å². The summed E-state index contributed by atoms with van der Waals surface area (Å²) in [7, 11) is 0. The normalized spacial score (nSPS) is 10.6. The summed E-state index contributed by atoms with van der Waals surface area (Å²) in [6.45, 7) is 1.95. The Labute approximate surface area is 136 Å². The van der Waals surface area contributed by atoms with Crippen LogP contribution in [0.4, 0.5) is 25.1 Å². The Bertz CT molecular complexity index is 728. The number of aromatic nitrogens is 1. The third-order valence-corrected chi connectivity index (χ3v) is 4.09. The van der Waals surface area contributed by atoms with Crippen molar-refractivity contribution in [1.82, 2.24) is 4.98 Å². The molecule has 0 aliphatic heterocycles. The van der Waals surface area contributed by atoms with Gasteiger partial charge >= 0.3 is 6.09 Å². The first-order valence-electron chi connectivity index (χ1n) is 6.76. The van der Waals surface area contributed by atoms with Crippen LogP contribution < -0.4 is 10.6 Å². The van der Waals surface area contributed by atoms with E-state index in [1.165, 1.54) is 17.8 Å². The largest absolute Gasteiger partial charge is 0.465 e. The van der Waals surface area contributed by atoms with E-state index in [1.54, 1.807) is 19.1 Å². The molecule has 122 valence electrons. The molecule has 0 atom stereocenters. The van der Waals surface area contributed by atoms with E-state index >= 15 is 0 Å². The summed E-state index contributed by atoms with van der Waals surface area (Å²) < 4.78 is 26.0. The number of thioether (sulfide) groups is 1. The lowest BCUT2D eigenvalue weighted by Crippen LogP contribution is -2.29. The van der Waals surface area contributed by atoms with Crippen LogP contribution in [-0.2, 0) is 5.75 Å². The lowest BCUT2D eigenvalue weighted by Gasteiger charge is -2.18. The number of nitrogen functional groups attached to an aromatic ring is 1. The molecule has 0 aliphatic carbocycles. The van der Waals surface area contributed by atoms with Crippen molar-refractivity contribution in [3.8, 4) is 0 Å². The molecular formula is C15H15F2N3O2S. The molecule has 8 heteroatoms. The molecule has 2 rings (SSSR count). The maximum absolute atomic E-state index is 13.1. The number of hydrogen-bond donors (Lipinski definition) is 2. The number of hydrogen-bond acceptors (Lipinski definition) is 4. The highest BCUT2D eigenvalue weighted by atomic mass is 32.2. The van der Waals surface area contributed by atoms with Gasteiger partial charge in [0.25, 0.3) is 0 Å². The number of nitrogens with zero attached hydrogens (tertiary/aromatic N) is 2. The van der Waals surface area contributed by atoms with Gasteiger partial charge in [0.2, 0.25) is 0 Å². The van der Waals surface area contributed by atoms with Gasteiger partial charge in [0.05, 0.1) is 10.7 Å². The van der Waals surface area contributed by atoms with Gasteiger partial charge in [0.15, 0.2) is 11.6 Å². The van der Waals surface area contributed by atoms with Gasteiger partial charge in [-0.25, -0.2) is 18.6 Å². The SMILES string of the molecule is CCN(C(=O)O)c1ccc(SCc2ccc(F)c(F)c2)nc1N. The maximum atomic E-state index is 13.1. The van der Waals surface area contributed by atoms with Crippen LogP contribution in [0.2, 0.25) is 0 Å². The molecule has 0 saturated heterocycles. The highest BCUT2D eigenvalue weighted by Gasteiger charge is 2.16. The number of anilines is 2. The lowest BCUT2D eigenvalue weighted by atomic mass is 10.2. The molecule has 0 aliphatic rings. The van der Waals surface area contributed by atoms with Crippen molar-refractivity contribution in [1.29, 1.82) is 0 Å². The number of carboxylic acid groups (broad SMARTS) is 1. The summed E-state index contributed by atoms with van der Waals surface area (Å²) in [5.74, 6) is -1.30. The summed E-state index contributed by atoms with van der Waals surface area (Å²) in [5, 5.41) is 9.66. The van der Waals surface area contributed by atoms with E-state index in [0.717, 1.165) is 17.0 Å². The number of benzene rings is 1. The zero-order chi connectivity index (χ0) is 17.0. The van der Waals surface area contributed by atoms with E-state index in [9.17, 15) is 13.6 Å². The monoisotopic (exact) mass is 339 g/mol. The molecule has 0 unspecified atom stereocenters. The van der Waals surface area contributed by atoms with Gasteiger partial charge in [-0.2, -0.15) is 0 Å². The minimum Gasteiger partial charge on any atom is -0.465 e. The predicted octanol–water partition coefficient (Wildman–Crippen LogP) is 3.74. The Kier molecular flexibility index (Phi) is 5.38. The molecule has 1 aromatic carbocycles. The summed E-state index contributed by atoms with van der Waals surface area (Å²) in [6, 6.07) is 6.91. The van der Waals surface area contributed by atoms with Gasteiger partial charge in [-0.1, -0.05) is 6.07 Å². The van der Waals surface area contributed by atoms with E-state index in [1.807, 2.05) is 0 Å². The van der Waals surface area contributed by atoms with Crippen LogP contribution in [0.15, 0.2) is 35.4 Å². The van der Waals surface area contributed by atoms with Crippen LogP contribution in [0.1, 0.15) is 12.5 Å². The third-order valence-electron chi connectivity index (χ3n) is 3.09. The van der Waals surface area contributed by atoms with Crippen molar-refractivity contribution in [3.05, 3.63) is 47.5 Å². The molecule has 2 aromatic rings. The molecule has 5 nitrogen and oxygen atoms in total. The summed E-state index contributed by atoms with van der Waals surface area (Å²) in [5.41, 5.74) is 6.74. The number of pyridine rings is 1. The fraction of sp³-hybridized carbons (Fsp3) is 0.200. The number of halogens is 2. The molecule has 23 heavy (non-hydrogen) atoms. The van der Waals surface area contributed by atoms with Gasteiger partial charge in [0, 0.05) is 12.3 Å². The second-order valence-corrected chi connectivity index (χ2v) is 5.61. The highest BCUT2D eigenvalue weighted by molar-refractivity contribution is 7.98. The van der Waals surface area contributed by atoms with Crippen molar-refractivity contribution in [3.63, 3.8) is 0 Å². The Hall–Kier alpha value is -2.35. The second kappa shape index (κ2) is 7.28. The molecule has 0 bridgehead atoms. The highest BCUT2D eigenvalue weighted by Crippen LogP contribution is 2.28. The van der Waals surface area contributed by atoms with Crippen LogP contribution in [0.25, 0.3) is 0 Å². The molecule has 0 spiro atoms. The molecular weight excluding hydrogens is 324 g/mol. The topological polar surface area (TPSA) is 79.5 Å². The first-order valence-corrected chi connectivity index (χ1v) is 7.74. The maximum Gasteiger partial charge on any atom is 0.411 e. The second-order valence-electron chi connectivity index (χ2n) is 4.62. The Balaban J connectivity index is 2.11. The van der Waals surface area contributed by atoms with Gasteiger partial charge < -0.3 is 10.8 Å².